The Morgan fingerprint density at radius 2 is 1.50 bits per heavy atom. The number of amides is 2. The van der Waals surface area contributed by atoms with Crippen molar-refractivity contribution in [2.24, 2.45) is 5.10 Å². The summed E-state index contributed by atoms with van der Waals surface area (Å²) in [6, 6.07) is 26.1. The lowest BCUT2D eigenvalue weighted by Gasteiger charge is -2.07. The third-order valence-electron chi connectivity index (χ3n) is 4.81. The first kappa shape index (κ1) is 22.7. The van der Waals surface area contributed by atoms with Crippen LogP contribution in [-0.2, 0) is 9.59 Å². The van der Waals surface area contributed by atoms with Crippen molar-refractivity contribution in [3.63, 3.8) is 0 Å². The Hall–Kier alpha value is -4.49. The van der Waals surface area contributed by atoms with Gasteiger partial charge in [0.25, 0.3) is 0 Å². The molecule has 2 amide bonds. The van der Waals surface area contributed by atoms with Crippen molar-refractivity contribution < 1.29 is 19.1 Å². The summed E-state index contributed by atoms with van der Waals surface area (Å²) in [6.45, 7) is 0. The predicted octanol–water partition coefficient (Wildman–Crippen LogP) is 4.80. The zero-order chi connectivity index (χ0) is 23.9. The van der Waals surface area contributed by atoms with Crippen LogP contribution in [0.2, 0.25) is 5.02 Å². The zero-order valence-electron chi connectivity index (χ0n) is 17.7. The minimum Gasteiger partial charge on any atom is -0.423 e. The van der Waals surface area contributed by atoms with Crippen molar-refractivity contribution >= 4 is 52.1 Å². The molecular formula is C26H18ClN3O4. The van der Waals surface area contributed by atoms with Crippen LogP contribution >= 0.6 is 11.6 Å². The summed E-state index contributed by atoms with van der Waals surface area (Å²) in [4.78, 5) is 36.5. The molecule has 0 saturated carbocycles. The van der Waals surface area contributed by atoms with E-state index >= 15 is 0 Å². The van der Waals surface area contributed by atoms with E-state index in [1.54, 1.807) is 54.6 Å². The Bertz CT molecular complexity index is 1400. The Morgan fingerprint density at radius 3 is 2.29 bits per heavy atom. The van der Waals surface area contributed by atoms with Gasteiger partial charge in [-0.1, -0.05) is 60.1 Å². The largest absolute Gasteiger partial charge is 0.423 e. The lowest BCUT2D eigenvalue weighted by molar-refractivity contribution is -0.136. The van der Waals surface area contributed by atoms with E-state index in [4.69, 9.17) is 16.3 Å². The predicted molar refractivity (Wildman–Crippen MR) is 131 cm³/mol. The number of esters is 1. The number of para-hydroxylation sites is 1. The molecular weight excluding hydrogens is 454 g/mol. The highest BCUT2D eigenvalue weighted by molar-refractivity contribution is 6.41. The average Bonchev–Trinajstić information content (AvgIpc) is 2.86. The van der Waals surface area contributed by atoms with Gasteiger partial charge in [-0.25, -0.2) is 10.2 Å². The molecule has 7 nitrogen and oxygen atoms in total. The number of carbonyl (C=O) groups is 3. The van der Waals surface area contributed by atoms with Crippen molar-refractivity contribution in [2.75, 3.05) is 5.32 Å². The second kappa shape index (κ2) is 10.4. The van der Waals surface area contributed by atoms with Crippen LogP contribution in [0.15, 0.2) is 96.1 Å². The quantitative estimate of drug-likeness (QED) is 0.144. The first-order valence-corrected chi connectivity index (χ1v) is 10.6. The molecule has 0 aliphatic heterocycles. The van der Waals surface area contributed by atoms with Crippen LogP contribution in [0.4, 0.5) is 5.69 Å². The van der Waals surface area contributed by atoms with Crippen LogP contribution < -0.4 is 15.5 Å². The van der Waals surface area contributed by atoms with E-state index in [1.165, 1.54) is 6.21 Å². The molecule has 168 valence electrons. The molecule has 2 N–H and O–H groups in total. The lowest BCUT2D eigenvalue weighted by Crippen LogP contribution is -2.32. The van der Waals surface area contributed by atoms with Crippen molar-refractivity contribution in [1.82, 2.24) is 5.43 Å². The molecule has 8 heteroatoms. The summed E-state index contributed by atoms with van der Waals surface area (Å²) < 4.78 is 5.49. The highest BCUT2D eigenvalue weighted by atomic mass is 35.5. The molecule has 0 fully saturated rings. The molecule has 0 unspecified atom stereocenters. The number of anilines is 1. The molecule has 0 bridgehead atoms. The second-order valence-corrected chi connectivity index (χ2v) is 7.53. The number of carbonyl (C=O) groups excluding carboxylic acids is 3. The Morgan fingerprint density at radius 1 is 0.794 bits per heavy atom. The van der Waals surface area contributed by atoms with Gasteiger partial charge in [0.05, 0.1) is 22.5 Å². The van der Waals surface area contributed by atoms with Crippen LogP contribution in [0.25, 0.3) is 10.8 Å². The summed E-state index contributed by atoms with van der Waals surface area (Å²) in [7, 11) is 0. The average molecular weight is 472 g/mol. The highest BCUT2D eigenvalue weighted by Gasteiger charge is 2.14. The fourth-order valence-electron chi connectivity index (χ4n) is 3.15. The molecule has 0 heterocycles. The Kier molecular flexibility index (Phi) is 6.95. The molecule has 0 radical (unpaired) electrons. The second-order valence-electron chi connectivity index (χ2n) is 7.12. The molecule has 4 rings (SSSR count). The Labute approximate surface area is 200 Å². The molecule has 0 aromatic heterocycles. The zero-order valence-corrected chi connectivity index (χ0v) is 18.5. The van der Waals surface area contributed by atoms with E-state index in [-0.39, 0.29) is 0 Å². The van der Waals surface area contributed by atoms with Gasteiger partial charge in [-0.3, -0.25) is 9.59 Å². The van der Waals surface area contributed by atoms with Crippen molar-refractivity contribution in [2.45, 2.75) is 0 Å². The van der Waals surface area contributed by atoms with Gasteiger partial charge >= 0.3 is 17.8 Å². The summed E-state index contributed by atoms with van der Waals surface area (Å²) in [5.74, 6) is -1.95. The fourth-order valence-corrected chi connectivity index (χ4v) is 3.33. The maximum Gasteiger partial charge on any atom is 0.344 e. The molecule has 4 aromatic rings. The van der Waals surface area contributed by atoms with Crippen LogP contribution in [0, 0.1) is 0 Å². The van der Waals surface area contributed by atoms with Gasteiger partial charge in [-0.05, 0) is 58.8 Å². The first-order valence-electron chi connectivity index (χ1n) is 10.2. The third-order valence-corrected chi connectivity index (χ3v) is 5.14. The van der Waals surface area contributed by atoms with E-state index in [2.05, 4.69) is 15.8 Å². The van der Waals surface area contributed by atoms with Gasteiger partial charge in [-0.2, -0.15) is 5.10 Å². The van der Waals surface area contributed by atoms with Crippen molar-refractivity contribution in [3.05, 3.63) is 107 Å². The van der Waals surface area contributed by atoms with Gasteiger partial charge in [0.15, 0.2) is 0 Å². The number of fused-ring (bicyclic) bond motifs is 1. The first-order chi connectivity index (χ1) is 16.5. The molecule has 34 heavy (non-hydrogen) atoms. The third kappa shape index (κ3) is 5.46. The smallest absolute Gasteiger partial charge is 0.344 e. The minimum absolute atomic E-state index is 0.313. The van der Waals surface area contributed by atoms with Crippen LogP contribution in [0.5, 0.6) is 5.75 Å². The van der Waals surface area contributed by atoms with E-state index in [9.17, 15) is 14.4 Å². The number of rotatable bonds is 5. The fraction of sp³-hybridized carbons (Fsp3) is 0. The number of ether oxygens (including phenoxy) is 1. The maximum atomic E-state index is 12.6. The number of hydrazone groups is 1. The normalized spacial score (nSPS) is 10.7. The summed E-state index contributed by atoms with van der Waals surface area (Å²) in [5.41, 5.74) is 3.56. The van der Waals surface area contributed by atoms with E-state index in [0.717, 1.165) is 10.8 Å². The van der Waals surface area contributed by atoms with Crippen LogP contribution in [0.3, 0.4) is 0 Å². The molecule has 0 saturated heterocycles. The number of benzene rings is 4. The number of nitrogens with zero attached hydrogens (tertiary/aromatic N) is 1. The summed E-state index contributed by atoms with van der Waals surface area (Å²) in [5, 5.41) is 8.25. The van der Waals surface area contributed by atoms with Gasteiger partial charge in [0, 0.05) is 0 Å². The van der Waals surface area contributed by atoms with Crippen molar-refractivity contribution in [1.29, 1.82) is 0 Å². The molecule has 0 atom stereocenters. The van der Waals surface area contributed by atoms with Gasteiger partial charge in [0.1, 0.15) is 5.75 Å². The van der Waals surface area contributed by atoms with Crippen molar-refractivity contribution in [3.8, 4) is 5.75 Å². The van der Waals surface area contributed by atoms with E-state index < -0.39 is 17.8 Å². The number of halogens is 1. The minimum atomic E-state index is -0.947. The van der Waals surface area contributed by atoms with Gasteiger partial charge < -0.3 is 10.1 Å². The lowest BCUT2D eigenvalue weighted by atomic mass is 10.0. The number of hydrogen-bond donors (Lipinski definition) is 2. The van der Waals surface area contributed by atoms with Gasteiger partial charge in [-0.15, -0.1) is 0 Å². The SMILES string of the molecule is O=C(NN=Cc1ccc(OC(=O)c2cccc3ccccc23)cc1)C(=O)Nc1ccccc1Cl. The van der Waals surface area contributed by atoms with E-state index in [0.29, 0.717) is 27.6 Å². The molecule has 0 aliphatic carbocycles. The van der Waals surface area contributed by atoms with Gasteiger partial charge in [0.2, 0.25) is 0 Å². The molecule has 0 spiro atoms. The monoisotopic (exact) mass is 471 g/mol. The van der Waals surface area contributed by atoms with E-state index in [1.807, 2.05) is 36.4 Å². The van der Waals surface area contributed by atoms with Crippen LogP contribution in [-0.4, -0.2) is 24.0 Å². The Balaban J connectivity index is 1.33. The molecule has 0 aliphatic rings. The summed E-state index contributed by atoms with van der Waals surface area (Å²) in [6.07, 6.45) is 1.36. The highest BCUT2D eigenvalue weighted by Crippen LogP contribution is 2.21. The number of hydrogen-bond acceptors (Lipinski definition) is 5. The summed E-state index contributed by atoms with van der Waals surface area (Å²) >= 11 is 5.95. The topological polar surface area (TPSA) is 96.9 Å². The van der Waals surface area contributed by atoms with Crippen LogP contribution in [0.1, 0.15) is 15.9 Å². The number of nitrogens with one attached hydrogen (secondary N) is 2. The standard InChI is InChI=1S/C26H18ClN3O4/c27-22-10-3-4-11-23(22)29-24(31)25(32)30-28-16-17-12-14-19(15-13-17)34-26(33)21-9-5-7-18-6-1-2-8-20(18)21/h1-16H,(H,29,31)(H,30,32). The maximum absolute atomic E-state index is 12.6. The molecule has 4 aromatic carbocycles.